The Morgan fingerprint density at radius 2 is 2.00 bits per heavy atom. The van der Waals surface area contributed by atoms with Crippen molar-refractivity contribution in [1.82, 2.24) is 0 Å². The summed E-state index contributed by atoms with van der Waals surface area (Å²) < 4.78 is 16.2. The third-order valence-corrected chi connectivity index (χ3v) is 3.73. The predicted octanol–water partition coefficient (Wildman–Crippen LogP) is 3.98. The summed E-state index contributed by atoms with van der Waals surface area (Å²) in [4.78, 5) is 0. The molecule has 0 radical (unpaired) electrons. The summed E-state index contributed by atoms with van der Waals surface area (Å²) in [5, 5.41) is 0.623. The average molecular weight is 323 g/mol. The molecular weight excluding hydrogens is 310 g/mol. The van der Waals surface area contributed by atoms with Gasteiger partial charge in [-0.3, -0.25) is 0 Å². The fraction of sp³-hybridized carbons (Fsp3) is 0.364. The van der Waals surface area contributed by atoms with Crippen LogP contribution in [0, 0.1) is 0 Å². The number of halogens is 2. The van der Waals surface area contributed by atoms with Crippen LogP contribution in [-0.4, -0.2) is 15.2 Å². The van der Waals surface area contributed by atoms with Crippen molar-refractivity contribution in [2.24, 2.45) is 4.40 Å². The van der Waals surface area contributed by atoms with Crippen molar-refractivity contribution >= 4 is 44.7 Å². The van der Waals surface area contributed by atoms with Gasteiger partial charge in [0.25, 0.3) is 0 Å². The van der Waals surface area contributed by atoms with E-state index in [2.05, 4.69) is 20.3 Å². The van der Waals surface area contributed by atoms with Crippen molar-refractivity contribution in [3.8, 4) is 0 Å². The Bertz CT molecular complexity index is 420. The first kappa shape index (κ1) is 13.9. The highest BCUT2D eigenvalue weighted by atomic mass is 79.9. The van der Waals surface area contributed by atoms with Crippen LogP contribution in [0.4, 0.5) is 0 Å². The molecule has 1 unspecified atom stereocenters. The number of nitrogens with zero attached hydrogens (tertiary/aromatic N) is 1. The molecule has 0 N–H and O–H groups in total. The van der Waals surface area contributed by atoms with Crippen LogP contribution in [0.15, 0.2) is 27.1 Å². The van der Waals surface area contributed by atoms with Crippen LogP contribution in [0.1, 0.15) is 26.3 Å². The summed E-state index contributed by atoms with van der Waals surface area (Å²) in [7, 11) is -1.24. The molecule has 0 aliphatic carbocycles. The van der Waals surface area contributed by atoms with Crippen LogP contribution in [0.5, 0.6) is 0 Å². The van der Waals surface area contributed by atoms with Gasteiger partial charge in [-0.1, -0.05) is 27.5 Å². The molecule has 0 spiro atoms. The molecule has 1 atom stereocenters. The van der Waals surface area contributed by atoms with E-state index in [4.69, 9.17) is 11.6 Å². The molecule has 2 nitrogen and oxygen atoms in total. The van der Waals surface area contributed by atoms with Crippen molar-refractivity contribution in [2.45, 2.75) is 25.5 Å². The van der Waals surface area contributed by atoms with E-state index in [0.717, 1.165) is 10.0 Å². The summed E-state index contributed by atoms with van der Waals surface area (Å²) in [6.07, 6.45) is 1.58. The molecule has 5 heteroatoms. The van der Waals surface area contributed by atoms with E-state index in [-0.39, 0.29) is 4.75 Å². The third kappa shape index (κ3) is 4.36. The lowest BCUT2D eigenvalue weighted by Gasteiger charge is -2.12. The zero-order valence-corrected chi connectivity index (χ0v) is 12.5. The molecule has 1 rings (SSSR count). The maximum Gasteiger partial charge on any atom is 0.144 e. The van der Waals surface area contributed by atoms with Gasteiger partial charge >= 0.3 is 0 Å². The first-order valence-corrected chi connectivity index (χ1v) is 6.99. The normalized spacial score (nSPS) is 14.3. The van der Waals surface area contributed by atoms with E-state index in [9.17, 15) is 4.21 Å². The van der Waals surface area contributed by atoms with Gasteiger partial charge in [-0.15, -0.1) is 0 Å². The first-order valence-electron chi connectivity index (χ1n) is 4.71. The van der Waals surface area contributed by atoms with Crippen molar-refractivity contribution in [3.63, 3.8) is 0 Å². The minimum absolute atomic E-state index is 0.341. The zero-order valence-electron chi connectivity index (χ0n) is 9.33. The Kier molecular flexibility index (Phi) is 4.71. The Morgan fingerprint density at radius 1 is 1.38 bits per heavy atom. The monoisotopic (exact) mass is 321 g/mol. The van der Waals surface area contributed by atoms with Gasteiger partial charge in [0.2, 0.25) is 0 Å². The lowest BCUT2D eigenvalue weighted by Crippen LogP contribution is -2.19. The highest BCUT2D eigenvalue weighted by Crippen LogP contribution is 2.19. The smallest absolute Gasteiger partial charge is 0.144 e. The molecule has 0 amide bonds. The number of rotatable bonds is 2. The second kappa shape index (κ2) is 5.43. The highest BCUT2D eigenvalue weighted by Gasteiger charge is 2.18. The van der Waals surface area contributed by atoms with E-state index in [1.165, 1.54) is 0 Å². The number of benzene rings is 1. The summed E-state index contributed by atoms with van der Waals surface area (Å²) in [6, 6.07) is 5.44. The van der Waals surface area contributed by atoms with Crippen LogP contribution in [-0.2, 0) is 11.0 Å². The molecule has 0 saturated carbocycles. The standard InChI is InChI=1S/C11H13BrClNOS/c1-11(2,3)16(15)14-7-8-4-9(12)6-10(13)5-8/h4-7H,1-3H3. The van der Waals surface area contributed by atoms with Gasteiger partial charge in [0.15, 0.2) is 0 Å². The quantitative estimate of drug-likeness (QED) is 0.757. The van der Waals surface area contributed by atoms with Crippen molar-refractivity contribution in [2.75, 3.05) is 0 Å². The first-order chi connectivity index (χ1) is 7.29. The second-order valence-electron chi connectivity index (χ2n) is 4.30. The summed E-state index contributed by atoms with van der Waals surface area (Å²) in [5.74, 6) is 0. The van der Waals surface area contributed by atoms with Gasteiger partial charge in [-0.05, 0) is 44.5 Å². The maximum absolute atomic E-state index is 11.7. The third-order valence-electron chi connectivity index (χ3n) is 1.71. The Labute approximate surface area is 112 Å². The lowest BCUT2D eigenvalue weighted by molar-refractivity contribution is 0.651. The minimum Gasteiger partial charge on any atom is -0.234 e. The molecule has 0 aliphatic rings. The topological polar surface area (TPSA) is 29.4 Å². The molecule has 1 aromatic carbocycles. The van der Waals surface area contributed by atoms with Crippen molar-refractivity contribution in [1.29, 1.82) is 0 Å². The van der Waals surface area contributed by atoms with E-state index in [0.29, 0.717) is 5.02 Å². The number of hydrogen-bond donors (Lipinski definition) is 0. The SMILES string of the molecule is CC(C)(C)S(=O)N=Cc1cc(Cl)cc(Br)c1. The molecule has 0 heterocycles. The molecule has 0 bridgehead atoms. The Morgan fingerprint density at radius 3 is 2.50 bits per heavy atom. The van der Waals surface area contributed by atoms with Crippen LogP contribution in [0.3, 0.4) is 0 Å². The highest BCUT2D eigenvalue weighted by molar-refractivity contribution is 9.10. The lowest BCUT2D eigenvalue weighted by atomic mass is 10.2. The fourth-order valence-electron chi connectivity index (χ4n) is 0.917. The molecule has 0 fully saturated rings. The zero-order chi connectivity index (χ0) is 12.3. The van der Waals surface area contributed by atoms with E-state index in [1.807, 2.05) is 26.8 Å². The molecule has 0 saturated heterocycles. The van der Waals surface area contributed by atoms with Crippen LogP contribution in [0.25, 0.3) is 0 Å². The summed E-state index contributed by atoms with van der Waals surface area (Å²) >= 11 is 9.23. The minimum atomic E-state index is -1.24. The van der Waals surface area contributed by atoms with Crippen LogP contribution >= 0.6 is 27.5 Å². The number of hydrogen-bond acceptors (Lipinski definition) is 1. The fourth-order valence-corrected chi connectivity index (χ4v) is 2.34. The largest absolute Gasteiger partial charge is 0.234 e. The molecule has 16 heavy (non-hydrogen) atoms. The summed E-state index contributed by atoms with van der Waals surface area (Å²) in [6.45, 7) is 5.65. The Balaban J connectivity index is 2.89. The average Bonchev–Trinajstić information content (AvgIpc) is 2.11. The molecule has 1 aromatic rings. The van der Waals surface area contributed by atoms with Gasteiger partial charge in [-0.25, -0.2) is 4.21 Å². The van der Waals surface area contributed by atoms with Gasteiger partial charge in [-0.2, -0.15) is 4.40 Å². The van der Waals surface area contributed by atoms with E-state index < -0.39 is 11.0 Å². The summed E-state index contributed by atoms with van der Waals surface area (Å²) in [5.41, 5.74) is 0.831. The van der Waals surface area contributed by atoms with Crippen LogP contribution in [0.2, 0.25) is 5.02 Å². The van der Waals surface area contributed by atoms with Crippen molar-refractivity contribution < 1.29 is 4.21 Å². The molecule has 88 valence electrons. The van der Waals surface area contributed by atoms with Gasteiger partial charge in [0.1, 0.15) is 11.0 Å². The van der Waals surface area contributed by atoms with Gasteiger partial charge < -0.3 is 0 Å². The van der Waals surface area contributed by atoms with Crippen molar-refractivity contribution in [3.05, 3.63) is 33.3 Å². The van der Waals surface area contributed by atoms with Gasteiger partial charge in [0.05, 0.1) is 4.75 Å². The molecule has 0 aromatic heterocycles. The predicted molar refractivity (Wildman–Crippen MR) is 74.6 cm³/mol. The van der Waals surface area contributed by atoms with E-state index in [1.54, 1.807) is 18.3 Å². The van der Waals surface area contributed by atoms with Gasteiger partial charge in [0, 0.05) is 15.7 Å². The van der Waals surface area contributed by atoms with E-state index >= 15 is 0 Å². The maximum atomic E-state index is 11.7. The second-order valence-corrected chi connectivity index (χ2v) is 7.58. The molecule has 0 aliphatic heterocycles. The molecular formula is C11H13BrClNOS. The Hall–Kier alpha value is -0.190. The van der Waals surface area contributed by atoms with Crippen LogP contribution < -0.4 is 0 Å².